The molecule has 21 heavy (non-hydrogen) atoms. The molecule has 3 rings (SSSR count). The van der Waals surface area contributed by atoms with Gasteiger partial charge < -0.3 is 9.47 Å². The van der Waals surface area contributed by atoms with E-state index in [2.05, 4.69) is 32.8 Å². The van der Waals surface area contributed by atoms with Crippen LogP contribution in [0, 0.1) is 0 Å². The van der Waals surface area contributed by atoms with Crippen molar-refractivity contribution in [3.8, 4) is 17.4 Å². The Balaban J connectivity index is 1.82. The third-order valence-electron chi connectivity index (χ3n) is 3.16. The number of ether oxygens (including phenoxy) is 2. The molecule has 110 valence electrons. The van der Waals surface area contributed by atoms with E-state index >= 15 is 0 Å². The minimum atomic E-state index is 0.483. The molecule has 0 amide bonds. The van der Waals surface area contributed by atoms with Crippen molar-refractivity contribution in [1.82, 2.24) is 9.97 Å². The molecule has 0 bridgehead atoms. The number of para-hydroxylation sites is 2. The van der Waals surface area contributed by atoms with Gasteiger partial charge in [-0.1, -0.05) is 19.1 Å². The van der Waals surface area contributed by atoms with E-state index in [0.717, 1.165) is 35.4 Å². The van der Waals surface area contributed by atoms with Crippen LogP contribution in [-0.2, 0) is 0 Å². The molecule has 0 unspecified atom stereocenters. The van der Waals surface area contributed by atoms with Crippen LogP contribution in [0.25, 0.3) is 0 Å². The molecule has 1 heterocycles. The minimum absolute atomic E-state index is 0.483. The summed E-state index contributed by atoms with van der Waals surface area (Å²) in [5.74, 6) is 3.30. The van der Waals surface area contributed by atoms with Crippen LogP contribution in [0.5, 0.6) is 17.4 Å². The van der Waals surface area contributed by atoms with E-state index in [1.54, 1.807) is 6.07 Å². The van der Waals surface area contributed by atoms with Crippen LogP contribution in [0.3, 0.4) is 0 Å². The number of halogens is 1. The van der Waals surface area contributed by atoms with E-state index in [0.29, 0.717) is 24.2 Å². The number of hydrogen-bond donors (Lipinski definition) is 0. The Morgan fingerprint density at radius 1 is 1.19 bits per heavy atom. The molecule has 0 aliphatic heterocycles. The lowest BCUT2D eigenvalue weighted by atomic mass is 10.3. The first-order chi connectivity index (χ1) is 10.3. The fraction of sp³-hybridized carbons (Fsp3) is 0.375. The molecule has 1 aromatic carbocycles. The van der Waals surface area contributed by atoms with Crippen molar-refractivity contribution in [2.24, 2.45) is 0 Å². The highest BCUT2D eigenvalue weighted by Gasteiger charge is 2.27. The number of hydrogen-bond acceptors (Lipinski definition) is 4. The Morgan fingerprint density at radius 3 is 2.67 bits per heavy atom. The molecule has 2 aromatic rings. The van der Waals surface area contributed by atoms with Crippen LogP contribution in [0.1, 0.15) is 37.9 Å². The summed E-state index contributed by atoms with van der Waals surface area (Å²) in [6.07, 6.45) is 3.28. The zero-order valence-electron chi connectivity index (χ0n) is 11.9. The topological polar surface area (TPSA) is 44.2 Å². The molecule has 0 spiro atoms. The summed E-state index contributed by atoms with van der Waals surface area (Å²) in [5.41, 5.74) is 0. The number of aromatic nitrogens is 2. The number of benzene rings is 1. The molecule has 0 radical (unpaired) electrons. The zero-order valence-corrected chi connectivity index (χ0v) is 13.5. The highest BCUT2D eigenvalue weighted by molar-refractivity contribution is 9.10. The number of nitrogens with zero attached hydrogens (tertiary/aromatic N) is 2. The fourth-order valence-corrected chi connectivity index (χ4v) is 2.35. The van der Waals surface area contributed by atoms with Crippen LogP contribution >= 0.6 is 15.9 Å². The standard InChI is InChI=1S/C16H17BrN2O2/c1-2-9-20-12-5-3-4-6-13(12)21-15-10-14(17)18-16(19-15)11-7-8-11/h3-6,10-11H,2,7-9H2,1H3. The van der Waals surface area contributed by atoms with Gasteiger partial charge in [-0.3, -0.25) is 0 Å². The average molecular weight is 349 g/mol. The SMILES string of the molecule is CCCOc1ccccc1Oc1cc(Br)nc(C2CC2)n1. The second-order valence-electron chi connectivity index (χ2n) is 5.06. The summed E-state index contributed by atoms with van der Waals surface area (Å²) in [6, 6.07) is 9.43. The van der Waals surface area contributed by atoms with Gasteiger partial charge >= 0.3 is 0 Å². The van der Waals surface area contributed by atoms with Gasteiger partial charge in [0.1, 0.15) is 10.4 Å². The summed E-state index contributed by atoms with van der Waals surface area (Å²) < 4.78 is 12.3. The van der Waals surface area contributed by atoms with Gasteiger partial charge in [0.05, 0.1) is 6.61 Å². The molecule has 1 aromatic heterocycles. The molecule has 1 aliphatic carbocycles. The Labute approximate surface area is 132 Å². The molecule has 0 atom stereocenters. The normalized spacial score (nSPS) is 14.0. The minimum Gasteiger partial charge on any atom is -0.490 e. The van der Waals surface area contributed by atoms with Crippen LogP contribution in [-0.4, -0.2) is 16.6 Å². The van der Waals surface area contributed by atoms with E-state index in [9.17, 15) is 0 Å². The first-order valence-electron chi connectivity index (χ1n) is 7.20. The molecule has 1 aliphatic rings. The van der Waals surface area contributed by atoms with Gasteiger partial charge in [0.15, 0.2) is 11.5 Å². The highest BCUT2D eigenvalue weighted by Crippen LogP contribution is 2.40. The smallest absolute Gasteiger partial charge is 0.223 e. The third-order valence-corrected chi connectivity index (χ3v) is 3.56. The first-order valence-corrected chi connectivity index (χ1v) is 7.99. The summed E-state index contributed by atoms with van der Waals surface area (Å²) in [4.78, 5) is 8.90. The lowest BCUT2D eigenvalue weighted by Crippen LogP contribution is -1.99. The Kier molecular flexibility index (Phi) is 4.39. The maximum atomic E-state index is 5.90. The largest absolute Gasteiger partial charge is 0.490 e. The van der Waals surface area contributed by atoms with Crippen LogP contribution in [0.2, 0.25) is 0 Å². The monoisotopic (exact) mass is 348 g/mol. The molecule has 5 heteroatoms. The predicted octanol–water partition coefficient (Wildman–Crippen LogP) is 4.70. The second kappa shape index (κ2) is 6.43. The zero-order chi connectivity index (χ0) is 14.7. The van der Waals surface area contributed by atoms with Crippen molar-refractivity contribution in [2.75, 3.05) is 6.61 Å². The second-order valence-corrected chi connectivity index (χ2v) is 5.87. The Morgan fingerprint density at radius 2 is 1.95 bits per heavy atom. The fourth-order valence-electron chi connectivity index (χ4n) is 1.97. The molecule has 1 saturated carbocycles. The summed E-state index contributed by atoms with van der Waals surface area (Å²) in [5, 5.41) is 0. The molecular weight excluding hydrogens is 332 g/mol. The maximum Gasteiger partial charge on any atom is 0.223 e. The van der Waals surface area contributed by atoms with Crippen molar-refractivity contribution in [1.29, 1.82) is 0 Å². The van der Waals surface area contributed by atoms with Crippen molar-refractivity contribution >= 4 is 15.9 Å². The molecular formula is C16H17BrN2O2. The molecule has 1 fully saturated rings. The summed E-state index contributed by atoms with van der Waals surface area (Å²) in [6.45, 7) is 2.74. The quantitative estimate of drug-likeness (QED) is 0.709. The van der Waals surface area contributed by atoms with Crippen LogP contribution in [0.4, 0.5) is 0 Å². The summed E-state index contributed by atoms with van der Waals surface area (Å²) >= 11 is 3.42. The summed E-state index contributed by atoms with van der Waals surface area (Å²) in [7, 11) is 0. The van der Waals surface area contributed by atoms with E-state index in [1.165, 1.54) is 0 Å². The molecule has 4 nitrogen and oxygen atoms in total. The van der Waals surface area contributed by atoms with Gasteiger partial charge in [-0.2, -0.15) is 4.98 Å². The maximum absolute atomic E-state index is 5.90. The Hall–Kier alpha value is -1.62. The van der Waals surface area contributed by atoms with Gasteiger partial charge in [-0.25, -0.2) is 4.98 Å². The third kappa shape index (κ3) is 3.73. The average Bonchev–Trinajstić information content (AvgIpc) is 3.30. The van der Waals surface area contributed by atoms with Crippen molar-refractivity contribution in [2.45, 2.75) is 32.1 Å². The van der Waals surface area contributed by atoms with E-state index < -0.39 is 0 Å². The van der Waals surface area contributed by atoms with Crippen LogP contribution in [0.15, 0.2) is 34.9 Å². The van der Waals surface area contributed by atoms with E-state index in [1.807, 2.05) is 24.3 Å². The van der Waals surface area contributed by atoms with Gasteiger partial charge in [0, 0.05) is 12.0 Å². The lowest BCUT2D eigenvalue weighted by Gasteiger charge is -2.12. The highest BCUT2D eigenvalue weighted by atomic mass is 79.9. The number of rotatable bonds is 6. The predicted molar refractivity (Wildman–Crippen MR) is 84.0 cm³/mol. The Bertz CT molecular complexity index is 629. The van der Waals surface area contributed by atoms with Crippen molar-refractivity contribution in [3.63, 3.8) is 0 Å². The van der Waals surface area contributed by atoms with Crippen LogP contribution < -0.4 is 9.47 Å². The lowest BCUT2D eigenvalue weighted by molar-refractivity contribution is 0.300. The van der Waals surface area contributed by atoms with Crippen molar-refractivity contribution in [3.05, 3.63) is 40.8 Å². The van der Waals surface area contributed by atoms with Gasteiger partial charge in [-0.05, 0) is 47.3 Å². The van der Waals surface area contributed by atoms with Gasteiger partial charge in [0.2, 0.25) is 5.88 Å². The van der Waals surface area contributed by atoms with E-state index in [-0.39, 0.29) is 0 Å². The van der Waals surface area contributed by atoms with Gasteiger partial charge in [0.25, 0.3) is 0 Å². The molecule has 0 saturated heterocycles. The van der Waals surface area contributed by atoms with Gasteiger partial charge in [-0.15, -0.1) is 0 Å². The molecule has 0 N–H and O–H groups in total. The van der Waals surface area contributed by atoms with Crippen molar-refractivity contribution < 1.29 is 9.47 Å². The van der Waals surface area contributed by atoms with E-state index in [4.69, 9.17) is 9.47 Å². The first kappa shape index (κ1) is 14.3.